The van der Waals surface area contributed by atoms with Crippen LogP contribution in [0.25, 0.3) is 0 Å². The third-order valence-corrected chi connectivity index (χ3v) is 17.2. The Morgan fingerprint density at radius 3 is 1.42 bits per heavy atom. The monoisotopic (exact) mass is 295 g/mol. The van der Waals surface area contributed by atoms with Crippen molar-refractivity contribution in [2.45, 2.75) is 25.8 Å². The Morgan fingerprint density at radius 1 is 0.789 bits per heavy atom. The van der Waals surface area contributed by atoms with Crippen molar-refractivity contribution in [2.75, 3.05) is 0 Å². The van der Waals surface area contributed by atoms with E-state index in [1.807, 2.05) is 0 Å². The molecular weight excluding hydrogens is 276 g/mol. The van der Waals surface area contributed by atoms with Crippen LogP contribution in [0.15, 0.2) is 60.7 Å². The predicted octanol–water partition coefficient (Wildman–Crippen LogP) is 2.33. The molecule has 0 bridgehead atoms. The van der Waals surface area contributed by atoms with Crippen molar-refractivity contribution in [1.29, 1.82) is 0 Å². The second-order valence-electron chi connectivity index (χ2n) is 5.86. The van der Waals surface area contributed by atoms with Gasteiger partial charge >= 0.3 is 0 Å². The summed E-state index contributed by atoms with van der Waals surface area (Å²) in [5, 5.41) is 3.31. The zero-order valence-corrected chi connectivity index (χ0v) is 14.8. The van der Waals surface area contributed by atoms with Crippen LogP contribution in [0.2, 0.25) is 5.04 Å². The summed E-state index contributed by atoms with van der Waals surface area (Å²) in [6, 6.07) is 22.1. The van der Waals surface area contributed by atoms with Gasteiger partial charge in [0.1, 0.15) is 7.59 Å². The zero-order valence-electron chi connectivity index (χ0n) is 11.8. The molecule has 2 rings (SSSR count). The lowest BCUT2D eigenvalue weighted by molar-refractivity contribution is 0.744. The van der Waals surface area contributed by atoms with Gasteiger partial charge in [0.05, 0.1) is 0 Å². The van der Waals surface area contributed by atoms with E-state index >= 15 is 0 Å². The molecule has 0 N–H and O–H groups in total. The number of benzene rings is 2. The van der Waals surface area contributed by atoms with Gasteiger partial charge in [-0.05, 0) is 5.04 Å². The molecule has 0 nitrogen and oxygen atoms in total. The van der Waals surface area contributed by atoms with Crippen LogP contribution in [-0.2, 0) is 0 Å². The van der Waals surface area contributed by atoms with Crippen molar-refractivity contribution in [1.82, 2.24) is 0 Å². The summed E-state index contributed by atoms with van der Waals surface area (Å²) in [7, 11) is 2.91. The van der Waals surface area contributed by atoms with E-state index in [-0.39, 0.29) is 5.04 Å². The molecule has 0 atom stereocenters. The quantitative estimate of drug-likeness (QED) is 0.763. The highest BCUT2D eigenvalue weighted by atomic mass is 29.5. The Kier molecular flexibility index (Phi) is 4.28. The molecule has 2 aromatic rings. The molecule has 5 radical (unpaired) electrons. The first kappa shape index (κ1) is 14.5. The first-order valence-electron chi connectivity index (χ1n) is 6.57. The molecule has 0 aliphatic rings. The lowest BCUT2D eigenvalue weighted by atomic mass is 10.2. The third-order valence-electron chi connectivity index (χ3n) is 3.73. The number of hydrogen-bond donors (Lipinski definition) is 0. The number of hydrogen-bond acceptors (Lipinski definition) is 0. The molecule has 0 saturated heterocycles. The fourth-order valence-electron chi connectivity index (χ4n) is 2.74. The SMILES string of the molecule is CC(C)(C)[Si]([Si][Si])(c1ccccc1)c1ccccc1. The Hall–Kier alpha value is -0.909. The minimum atomic E-state index is -1.78. The van der Waals surface area contributed by atoms with Crippen LogP contribution in [-0.4, -0.2) is 25.9 Å². The van der Waals surface area contributed by atoms with Gasteiger partial charge in [-0.15, -0.1) is 0 Å². The second kappa shape index (κ2) is 5.61. The smallest absolute Gasteiger partial charge is 0.0629 e. The van der Waals surface area contributed by atoms with Crippen LogP contribution < -0.4 is 10.4 Å². The Morgan fingerprint density at radius 2 is 1.16 bits per heavy atom. The highest BCUT2D eigenvalue weighted by molar-refractivity contribution is 7.50. The summed E-state index contributed by atoms with van der Waals surface area (Å²) in [6.45, 7) is 7.14. The summed E-state index contributed by atoms with van der Waals surface area (Å²) in [5.41, 5.74) is 0. The molecule has 0 saturated carbocycles. The summed E-state index contributed by atoms with van der Waals surface area (Å²) >= 11 is 0. The predicted molar refractivity (Wildman–Crippen MR) is 89.1 cm³/mol. The van der Waals surface area contributed by atoms with Crippen molar-refractivity contribution < 1.29 is 0 Å². The third kappa shape index (κ3) is 2.55. The van der Waals surface area contributed by atoms with Crippen LogP contribution in [0, 0.1) is 0 Å². The summed E-state index contributed by atoms with van der Waals surface area (Å²) in [4.78, 5) is 0. The van der Waals surface area contributed by atoms with E-state index < -0.39 is 7.59 Å². The van der Waals surface area contributed by atoms with E-state index in [0.717, 1.165) is 8.55 Å². The van der Waals surface area contributed by atoms with Gasteiger partial charge in [0.2, 0.25) is 0 Å². The highest BCUT2D eigenvalue weighted by Crippen LogP contribution is 2.34. The average molecular weight is 296 g/mol. The Labute approximate surface area is 123 Å². The lowest BCUT2D eigenvalue weighted by Gasteiger charge is -2.43. The van der Waals surface area contributed by atoms with Crippen molar-refractivity contribution in [3.63, 3.8) is 0 Å². The van der Waals surface area contributed by atoms with Crippen molar-refractivity contribution in [2.24, 2.45) is 0 Å². The second-order valence-corrected chi connectivity index (χ2v) is 15.5. The van der Waals surface area contributed by atoms with Gasteiger partial charge in [0.25, 0.3) is 0 Å². The molecule has 3 heteroatoms. The first-order valence-corrected chi connectivity index (χ1v) is 12.1. The van der Waals surface area contributed by atoms with Gasteiger partial charge in [0, 0.05) is 18.3 Å². The molecule has 19 heavy (non-hydrogen) atoms. The van der Waals surface area contributed by atoms with Crippen LogP contribution in [0.3, 0.4) is 0 Å². The standard InChI is InChI=1S/C16H19Si3/c1-16(2,3)19(18-17,14-10-6-4-7-11-14)15-12-8-5-9-13-15/h4-13H,1-3H3. The zero-order chi connectivity index (χ0) is 13.9. The summed E-state index contributed by atoms with van der Waals surface area (Å²) in [6.07, 6.45) is 0. The molecule has 0 fully saturated rings. The molecule has 0 heterocycles. The topological polar surface area (TPSA) is 0 Å². The van der Waals surface area contributed by atoms with Gasteiger partial charge in [-0.25, -0.2) is 0 Å². The van der Waals surface area contributed by atoms with Crippen LogP contribution >= 0.6 is 0 Å². The molecule has 95 valence electrons. The molecule has 0 amide bonds. The van der Waals surface area contributed by atoms with E-state index in [1.54, 1.807) is 0 Å². The molecule has 0 unspecified atom stereocenters. The van der Waals surface area contributed by atoms with Crippen LogP contribution in [0.5, 0.6) is 0 Å². The fourth-order valence-corrected chi connectivity index (χ4v) is 15.8. The van der Waals surface area contributed by atoms with Crippen molar-refractivity contribution >= 4 is 36.3 Å². The number of rotatable bonds is 3. The van der Waals surface area contributed by atoms with E-state index in [9.17, 15) is 0 Å². The first-order chi connectivity index (χ1) is 9.02. The van der Waals surface area contributed by atoms with Gasteiger partial charge in [-0.3, -0.25) is 0 Å². The van der Waals surface area contributed by atoms with E-state index in [2.05, 4.69) is 91.2 Å². The minimum absolute atomic E-state index is 0.274. The van der Waals surface area contributed by atoms with Gasteiger partial charge in [-0.2, -0.15) is 0 Å². The fraction of sp³-hybridized carbons (Fsp3) is 0.250. The van der Waals surface area contributed by atoms with E-state index in [0.29, 0.717) is 0 Å². The Balaban J connectivity index is 2.70. The highest BCUT2D eigenvalue weighted by Gasteiger charge is 2.45. The summed E-state index contributed by atoms with van der Waals surface area (Å²) in [5.74, 6) is 0. The van der Waals surface area contributed by atoms with E-state index in [1.165, 1.54) is 10.4 Å². The van der Waals surface area contributed by atoms with Crippen molar-refractivity contribution in [3.8, 4) is 0 Å². The van der Waals surface area contributed by atoms with Gasteiger partial charge in [-0.1, -0.05) is 91.8 Å². The largest absolute Gasteiger partial charge is 0.106 e. The Bertz CT molecular complexity index is 475. The van der Waals surface area contributed by atoms with Crippen molar-refractivity contribution in [3.05, 3.63) is 60.7 Å². The van der Waals surface area contributed by atoms with Crippen LogP contribution in [0.1, 0.15) is 20.8 Å². The maximum absolute atomic E-state index is 3.93. The maximum Gasteiger partial charge on any atom is 0.106 e. The lowest BCUT2D eigenvalue weighted by Crippen LogP contribution is -2.69. The average Bonchev–Trinajstić information content (AvgIpc) is 2.41. The molecule has 0 aliphatic heterocycles. The van der Waals surface area contributed by atoms with Crippen LogP contribution in [0.4, 0.5) is 0 Å². The molecule has 0 aromatic heterocycles. The van der Waals surface area contributed by atoms with Gasteiger partial charge < -0.3 is 0 Å². The van der Waals surface area contributed by atoms with E-state index in [4.69, 9.17) is 0 Å². The molecule has 0 spiro atoms. The molecule has 0 aliphatic carbocycles. The normalized spacial score (nSPS) is 12.4. The molecule has 2 aromatic carbocycles. The minimum Gasteiger partial charge on any atom is -0.0629 e. The van der Waals surface area contributed by atoms with Gasteiger partial charge in [0.15, 0.2) is 0 Å². The summed E-state index contributed by atoms with van der Waals surface area (Å²) < 4.78 is 0. The maximum atomic E-state index is 3.93. The molecular formula is C16H19Si3.